The molecule has 6 heteroatoms. The van der Waals surface area contributed by atoms with Crippen molar-refractivity contribution in [1.29, 1.82) is 0 Å². The summed E-state index contributed by atoms with van der Waals surface area (Å²) >= 11 is 0. The molecule has 1 aromatic carbocycles. The van der Waals surface area contributed by atoms with E-state index in [-0.39, 0.29) is 5.95 Å². The van der Waals surface area contributed by atoms with Gasteiger partial charge in [-0.3, -0.25) is 4.98 Å². The van der Waals surface area contributed by atoms with Crippen LogP contribution in [0.25, 0.3) is 22.5 Å². The van der Waals surface area contributed by atoms with Crippen LogP contribution in [0.2, 0.25) is 0 Å². The molecule has 0 aliphatic heterocycles. The Labute approximate surface area is 134 Å². The lowest BCUT2D eigenvalue weighted by Gasteiger charge is -2.10. The number of hydrogen-bond acceptors (Lipinski definition) is 6. The molecule has 3 rings (SSSR count). The summed E-state index contributed by atoms with van der Waals surface area (Å²) in [6, 6.07) is 11.2. The minimum Gasteiger partial charge on any atom is -0.497 e. The van der Waals surface area contributed by atoms with E-state index in [1.165, 1.54) is 0 Å². The van der Waals surface area contributed by atoms with Crippen molar-refractivity contribution in [2.24, 2.45) is 0 Å². The van der Waals surface area contributed by atoms with Crippen LogP contribution in [0.4, 0.5) is 5.95 Å². The number of nitrogen functional groups attached to an aromatic ring is 1. The van der Waals surface area contributed by atoms with Crippen LogP contribution in [0.1, 0.15) is 0 Å². The molecule has 2 N–H and O–H groups in total. The number of aromatic nitrogens is 3. The van der Waals surface area contributed by atoms with Crippen LogP contribution in [0.15, 0.2) is 48.8 Å². The second kappa shape index (κ2) is 6.31. The van der Waals surface area contributed by atoms with Gasteiger partial charge in [0.05, 0.1) is 25.6 Å². The zero-order valence-corrected chi connectivity index (χ0v) is 12.9. The van der Waals surface area contributed by atoms with E-state index in [2.05, 4.69) is 15.0 Å². The van der Waals surface area contributed by atoms with Crippen molar-refractivity contribution >= 4 is 5.95 Å². The number of hydrogen-bond donors (Lipinski definition) is 1. The maximum absolute atomic E-state index is 5.87. The van der Waals surface area contributed by atoms with Gasteiger partial charge < -0.3 is 15.2 Å². The highest BCUT2D eigenvalue weighted by molar-refractivity contribution is 5.70. The molecule has 0 aliphatic carbocycles. The third kappa shape index (κ3) is 3.21. The molecule has 0 bridgehead atoms. The minimum atomic E-state index is 0.205. The second-order valence-electron chi connectivity index (χ2n) is 4.83. The first-order valence-corrected chi connectivity index (χ1v) is 6.98. The Morgan fingerprint density at radius 1 is 0.783 bits per heavy atom. The van der Waals surface area contributed by atoms with Crippen LogP contribution in [-0.4, -0.2) is 29.2 Å². The molecule has 0 saturated carbocycles. The van der Waals surface area contributed by atoms with Crippen LogP contribution in [-0.2, 0) is 0 Å². The third-order valence-corrected chi connectivity index (χ3v) is 3.37. The molecule has 2 heterocycles. The van der Waals surface area contributed by atoms with E-state index in [4.69, 9.17) is 15.2 Å². The molecule has 6 nitrogen and oxygen atoms in total. The van der Waals surface area contributed by atoms with Crippen LogP contribution in [0, 0.1) is 0 Å². The SMILES string of the molecule is COc1cc(OC)cc(-c2cc(-c3ccncc3)nc(N)n2)c1. The van der Waals surface area contributed by atoms with E-state index in [9.17, 15) is 0 Å². The van der Waals surface area contributed by atoms with E-state index in [0.29, 0.717) is 17.2 Å². The molecule has 0 atom stereocenters. The van der Waals surface area contributed by atoms with Crippen molar-refractivity contribution in [2.45, 2.75) is 0 Å². The van der Waals surface area contributed by atoms with Crippen LogP contribution >= 0.6 is 0 Å². The van der Waals surface area contributed by atoms with Crippen LogP contribution in [0.3, 0.4) is 0 Å². The van der Waals surface area contributed by atoms with E-state index in [1.807, 2.05) is 30.3 Å². The highest BCUT2D eigenvalue weighted by Gasteiger charge is 2.10. The second-order valence-corrected chi connectivity index (χ2v) is 4.83. The Bertz CT molecular complexity index is 800. The van der Waals surface area contributed by atoms with Crippen molar-refractivity contribution in [1.82, 2.24) is 15.0 Å². The number of rotatable bonds is 4. The molecule has 116 valence electrons. The molecular formula is C17H16N4O2. The Morgan fingerprint density at radius 3 is 1.91 bits per heavy atom. The summed E-state index contributed by atoms with van der Waals surface area (Å²) in [5, 5.41) is 0. The highest BCUT2D eigenvalue weighted by atomic mass is 16.5. The molecule has 0 saturated heterocycles. The maximum Gasteiger partial charge on any atom is 0.221 e. The van der Waals surface area contributed by atoms with Gasteiger partial charge in [-0.1, -0.05) is 0 Å². The molecule has 0 spiro atoms. The summed E-state index contributed by atoms with van der Waals surface area (Å²) in [6.45, 7) is 0. The van der Waals surface area contributed by atoms with Crippen molar-refractivity contribution in [3.63, 3.8) is 0 Å². The summed E-state index contributed by atoms with van der Waals surface area (Å²) in [5.74, 6) is 1.57. The van der Waals surface area contributed by atoms with Gasteiger partial charge in [0.15, 0.2) is 0 Å². The molecule has 0 aliphatic rings. The molecular weight excluding hydrogens is 292 g/mol. The molecule has 3 aromatic rings. The summed E-state index contributed by atoms with van der Waals surface area (Å²) < 4.78 is 10.6. The Morgan fingerprint density at radius 2 is 1.35 bits per heavy atom. The number of nitrogens with two attached hydrogens (primary N) is 1. The zero-order valence-electron chi connectivity index (χ0n) is 12.9. The molecule has 23 heavy (non-hydrogen) atoms. The first-order valence-electron chi connectivity index (χ1n) is 6.98. The van der Waals surface area contributed by atoms with Crippen molar-refractivity contribution in [3.8, 4) is 34.0 Å². The van der Waals surface area contributed by atoms with Crippen molar-refractivity contribution < 1.29 is 9.47 Å². The summed E-state index contributed by atoms with van der Waals surface area (Å²) in [6.07, 6.45) is 3.42. The average Bonchev–Trinajstić information content (AvgIpc) is 2.61. The van der Waals surface area contributed by atoms with Crippen LogP contribution < -0.4 is 15.2 Å². The van der Waals surface area contributed by atoms with Gasteiger partial charge in [0.1, 0.15) is 11.5 Å². The fourth-order valence-electron chi connectivity index (χ4n) is 2.24. The summed E-state index contributed by atoms with van der Waals surface area (Å²) in [4.78, 5) is 12.6. The minimum absolute atomic E-state index is 0.205. The summed E-state index contributed by atoms with van der Waals surface area (Å²) in [5.41, 5.74) is 9.06. The Hall–Kier alpha value is -3.15. The number of nitrogens with zero attached hydrogens (tertiary/aromatic N) is 3. The predicted octanol–water partition coefficient (Wildman–Crippen LogP) is 2.80. The average molecular weight is 308 g/mol. The van der Waals surface area contributed by atoms with Gasteiger partial charge in [-0.2, -0.15) is 0 Å². The van der Waals surface area contributed by atoms with Gasteiger partial charge in [0.2, 0.25) is 5.95 Å². The Balaban J connectivity index is 2.12. The maximum atomic E-state index is 5.87. The van der Waals surface area contributed by atoms with E-state index < -0.39 is 0 Å². The monoisotopic (exact) mass is 308 g/mol. The first-order chi connectivity index (χ1) is 11.2. The van der Waals surface area contributed by atoms with E-state index in [1.54, 1.807) is 32.7 Å². The number of anilines is 1. The normalized spacial score (nSPS) is 10.3. The van der Waals surface area contributed by atoms with Gasteiger partial charge in [0.25, 0.3) is 0 Å². The fourth-order valence-corrected chi connectivity index (χ4v) is 2.24. The molecule has 2 aromatic heterocycles. The lowest BCUT2D eigenvalue weighted by Crippen LogP contribution is -1.99. The van der Waals surface area contributed by atoms with Crippen molar-refractivity contribution in [2.75, 3.05) is 20.0 Å². The highest BCUT2D eigenvalue weighted by Crippen LogP contribution is 2.30. The Kier molecular flexibility index (Phi) is 4.05. The fraction of sp³-hybridized carbons (Fsp3) is 0.118. The van der Waals surface area contributed by atoms with Gasteiger partial charge in [-0.25, -0.2) is 9.97 Å². The quantitative estimate of drug-likeness (QED) is 0.798. The lowest BCUT2D eigenvalue weighted by molar-refractivity contribution is 0.394. The van der Waals surface area contributed by atoms with Gasteiger partial charge in [-0.05, 0) is 30.3 Å². The number of pyridine rings is 1. The van der Waals surface area contributed by atoms with Crippen LogP contribution in [0.5, 0.6) is 11.5 Å². The number of methoxy groups -OCH3 is 2. The molecule has 0 amide bonds. The van der Waals surface area contributed by atoms with Gasteiger partial charge >= 0.3 is 0 Å². The molecule has 0 unspecified atom stereocenters. The smallest absolute Gasteiger partial charge is 0.221 e. The predicted molar refractivity (Wildman–Crippen MR) is 88.2 cm³/mol. The van der Waals surface area contributed by atoms with Gasteiger partial charge in [-0.15, -0.1) is 0 Å². The van der Waals surface area contributed by atoms with E-state index >= 15 is 0 Å². The van der Waals surface area contributed by atoms with Crippen molar-refractivity contribution in [3.05, 3.63) is 48.8 Å². The standard InChI is InChI=1S/C17H16N4O2/c1-22-13-7-12(8-14(9-13)23-2)16-10-15(20-17(18)21-16)11-3-5-19-6-4-11/h3-10H,1-2H3,(H2,18,20,21). The zero-order chi connectivity index (χ0) is 16.2. The lowest BCUT2D eigenvalue weighted by atomic mass is 10.1. The first kappa shape index (κ1) is 14.8. The molecule has 0 fully saturated rings. The number of benzene rings is 1. The third-order valence-electron chi connectivity index (χ3n) is 3.37. The summed E-state index contributed by atoms with van der Waals surface area (Å²) in [7, 11) is 3.21. The van der Waals surface area contributed by atoms with Gasteiger partial charge in [0, 0.05) is 29.6 Å². The topological polar surface area (TPSA) is 83.2 Å². The van der Waals surface area contributed by atoms with E-state index in [0.717, 1.165) is 16.8 Å². The largest absolute Gasteiger partial charge is 0.497 e. The number of ether oxygens (including phenoxy) is 2. The molecule has 0 radical (unpaired) electrons.